The van der Waals surface area contributed by atoms with Gasteiger partial charge in [-0.15, -0.1) is 11.8 Å². The Bertz CT molecular complexity index is 514. The summed E-state index contributed by atoms with van der Waals surface area (Å²) in [6.45, 7) is 3.38. The van der Waals surface area contributed by atoms with Gasteiger partial charge in [-0.25, -0.2) is 4.39 Å². The molecule has 2 fully saturated rings. The maximum Gasteiger partial charge on any atom is 0.237 e. The van der Waals surface area contributed by atoms with E-state index in [0.717, 1.165) is 11.8 Å². The van der Waals surface area contributed by atoms with Crippen LogP contribution in [0, 0.1) is 0 Å². The van der Waals surface area contributed by atoms with E-state index in [9.17, 15) is 29.6 Å². The molecule has 0 aromatic carbocycles. The molecule has 1 amide bonds. The number of rotatable bonds is 7. The van der Waals surface area contributed by atoms with Gasteiger partial charge in [0.05, 0.1) is 18.2 Å². The molecule has 8 nitrogen and oxygen atoms in total. The van der Waals surface area contributed by atoms with E-state index in [0.29, 0.717) is 12.8 Å². The minimum atomic E-state index is -1.50. The topological polar surface area (TPSA) is 131 Å². The Morgan fingerprint density at radius 2 is 2.04 bits per heavy atom. The van der Waals surface area contributed by atoms with Crippen LogP contribution < -0.4 is 10.6 Å². The number of alkyl halides is 1. The Morgan fingerprint density at radius 1 is 1.37 bits per heavy atom. The highest BCUT2D eigenvalue weighted by atomic mass is 32.2. The van der Waals surface area contributed by atoms with Crippen molar-refractivity contribution in [1.29, 1.82) is 0 Å². The van der Waals surface area contributed by atoms with Gasteiger partial charge in [0, 0.05) is 13.0 Å². The molecule has 27 heavy (non-hydrogen) atoms. The van der Waals surface area contributed by atoms with Gasteiger partial charge in [-0.1, -0.05) is 13.3 Å². The van der Waals surface area contributed by atoms with E-state index in [4.69, 9.17) is 4.74 Å². The summed E-state index contributed by atoms with van der Waals surface area (Å²) in [5, 5.41) is 45.9. The number of carbonyl (C=O) groups is 1. The molecule has 0 bridgehead atoms. The van der Waals surface area contributed by atoms with Gasteiger partial charge in [0.25, 0.3) is 0 Å². The van der Waals surface area contributed by atoms with E-state index in [1.165, 1.54) is 6.92 Å². The van der Waals surface area contributed by atoms with E-state index in [-0.39, 0.29) is 13.0 Å². The number of thioether (sulfide) groups is 1. The highest BCUT2D eigenvalue weighted by molar-refractivity contribution is 7.99. The summed E-state index contributed by atoms with van der Waals surface area (Å²) in [6.07, 6.45) is -3.79. The molecule has 2 aliphatic rings. The molecule has 0 aromatic heterocycles. The molecule has 0 aliphatic carbocycles. The smallest absolute Gasteiger partial charge is 0.237 e. The van der Waals surface area contributed by atoms with Crippen LogP contribution >= 0.6 is 11.8 Å². The maximum atomic E-state index is 14.6. The summed E-state index contributed by atoms with van der Waals surface area (Å²) in [5.74, 6) is -0.506. The first kappa shape index (κ1) is 22.8. The van der Waals surface area contributed by atoms with Crippen molar-refractivity contribution in [3.05, 3.63) is 0 Å². The number of amides is 1. The Labute approximate surface area is 162 Å². The van der Waals surface area contributed by atoms with Crippen molar-refractivity contribution in [2.75, 3.05) is 12.8 Å². The van der Waals surface area contributed by atoms with Crippen molar-refractivity contribution in [2.24, 2.45) is 0 Å². The molecule has 9 atom stereocenters. The fourth-order valence-corrected chi connectivity index (χ4v) is 4.43. The van der Waals surface area contributed by atoms with Crippen LogP contribution in [0.5, 0.6) is 0 Å². The molecule has 0 aromatic rings. The third kappa shape index (κ3) is 5.11. The molecule has 2 aliphatic heterocycles. The molecule has 2 rings (SSSR count). The van der Waals surface area contributed by atoms with Crippen LogP contribution in [0.1, 0.15) is 33.1 Å². The molecular formula is C17H31FN2O6S. The Hall–Kier alpha value is -0.490. The molecule has 10 heteroatoms. The van der Waals surface area contributed by atoms with Gasteiger partial charge in [0.1, 0.15) is 35.5 Å². The van der Waals surface area contributed by atoms with Crippen LogP contribution in [0.25, 0.3) is 0 Å². The zero-order chi connectivity index (χ0) is 20.4. The van der Waals surface area contributed by atoms with E-state index < -0.39 is 59.6 Å². The van der Waals surface area contributed by atoms with Crippen molar-refractivity contribution in [2.45, 2.75) is 86.8 Å². The standard InChI is InChI=1S/C17H31FN2O6S/c1-4-5-17(18)6-9(19-7-17)15(25)20-10(8(2)21)14-12(23)11(22)13(24)16(26-14)27-3/h8-14,16,19,21-24H,4-7H2,1-3H3,(H,20,25). The van der Waals surface area contributed by atoms with E-state index in [1.807, 2.05) is 6.92 Å². The summed E-state index contributed by atoms with van der Waals surface area (Å²) < 4.78 is 20.2. The molecule has 6 N–H and O–H groups in total. The lowest BCUT2D eigenvalue weighted by Gasteiger charge is -2.44. The highest BCUT2D eigenvalue weighted by Gasteiger charge is 2.49. The molecular weight excluding hydrogens is 379 g/mol. The fourth-order valence-electron chi connectivity index (χ4n) is 3.75. The maximum absolute atomic E-state index is 14.6. The average Bonchev–Trinajstić information content (AvgIpc) is 3.00. The van der Waals surface area contributed by atoms with Crippen LogP contribution in [0.4, 0.5) is 4.39 Å². The highest BCUT2D eigenvalue weighted by Crippen LogP contribution is 2.31. The first-order chi connectivity index (χ1) is 12.6. The minimum Gasteiger partial charge on any atom is -0.391 e. The predicted octanol–water partition coefficient (Wildman–Crippen LogP) is -1.11. The molecule has 2 heterocycles. The summed E-state index contributed by atoms with van der Waals surface area (Å²) >= 11 is 1.14. The number of aliphatic hydroxyl groups excluding tert-OH is 4. The average molecular weight is 411 g/mol. The lowest BCUT2D eigenvalue weighted by Crippen LogP contribution is -2.65. The predicted molar refractivity (Wildman–Crippen MR) is 99.0 cm³/mol. The first-order valence-electron chi connectivity index (χ1n) is 9.26. The second-order valence-electron chi connectivity index (χ2n) is 7.49. The van der Waals surface area contributed by atoms with E-state index >= 15 is 0 Å². The summed E-state index contributed by atoms with van der Waals surface area (Å²) in [6, 6.07) is -1.79. The number of nitrogens with one attached hydrogen (secondary N) is 2. The summed E-state index contributed by atoms with van der Waals surface area (Å²) in [4.78, 5) is 12.6. The van der Waals surface area contributed by atoms with Crippen molar-refractivity contribution in [3.63, 3.8) is 0 Å². The molecule has 0 spiro atoms. The molecule has 158 valence electrons. The first-order valence-corrected chi connectivity index (χ1v) is 10.6. The lowest BCUT2D eigenvalue weighted by molar-refractivity contribution is -0.211. The van der Waals surface area contributed by atoms with Gasteiger partial charge < -0.3 is 35.8 Å². The van der Waals surface area contributed by atoms with Crippen molar-refractivity contribution in [1.82, 2.24) is 10.6 Å². The normalized spacial score (nSPS) is 41.9. The summed E-state index contributed by atoms with van der Waals surface area (Å²) in [7, 11) is 0. The van der Waals surface area contributed by atoms with Gasteiger partial charge in [-0.2, -0.15) is 0 Å². The number of carbonyl (C=O) groups excluding carboxylic acids is 1. The fraction of sp³-hybridized carbons (Fsp3) is 0.941. The van der Waals surface area contributed by atoms with E-state index in [2.05, 4.69) is 10.6 Å². The Balaban J connectivity index is 2.08. The van der Waals surface area contributed by atoms with Gasteiger partial charge in [0.15, 0.2) is 0 Å². The SMILES string of the molecule is CCCC1(F)CNC(C(=O)NC(C(C)O)C2OC(SC)C(O)C(O)C2O)C1. The van der Waals surface area contributed by atoms with Crippen LogP contribution in [-0.4, -0.2) is 92.8 Å². The number of ether oxygens (including phenoxy) is 1. The third-order valence-corrected chi connectivity index (χ3v) is 6.13. The number of halogens is 1. The van der Waals surface area contributed by atoms with Crippen molar-refractivity contribution < 1.29 is 34.3 Å². The van der Waals surface area contributed by atoms with Crippen LogP contribution in [-0.2, 0) is 9.53 Å². The Morgan fingerprint density at radius 3 is 2.59 bits per heavy atom. The van der Waals surface area contributed by atoms with Gasteiger partial charge in [-0.3, -0.25) is 4.79 Å². The van der Waals surface area contributed by atoms with Crippen LogP contribution in [0.3, 0.4) is 0 Å². The van der Waals surface area contributed by atoms with Gasteiger partial charge >= 0.3 is 0 Å². The largest absolute Gasteiger partial charge is 0.391 e. The minimum absolute atomic E-state index is 0.0298. The second-order valence-corrected chi connectivity index (χ2v) is 8.43. The molecule has 0 radical (unpaired) electrons. The Kier molecular flexibility index (Phi) is 7.88. The van der Waals surface area contributed by atoms with Gasteiger partial charge in [-0.05, 0) is 19.6 Å². The van der Waals surface area contributed by atoms with Crippen molar-refractivity contribution >= 4 is 17.7 Å². The van der Waals surface area contributed by atoms with E-state index in [1.54, 1.807) is 6.26 Å². The number of aliphatic hydroxyl groups is 4. The molecule has 0 saturated carbocycles. The monoisotopic (exact) mass is 410 g/mol. The molecule has 2 saturated heterocycles. The zero-order valence-electron chi connectivity index (χ0n) is 15.8. The van der Waals surface area contributed by atoms with Crippen LogP contribution in [0.15, 0.2) is 0 Å². The summed E-state index contributed by atoms with van der Waals surface area (Å²) in [5.41, 5.74) is -2.26. The molecule has 9 unspecified atom stereocenters. The zero-order valence-corrected chi connectivity index (χ0v) is 16.7. The number of hydrogen-bond acceptors (Lipinski definition) is 8. The van der Waals surface area contributed by atoms with Gasteiger partial charge in [0.2, 0.25) is 5.91 Å². The quantitative estimate of drug-likeness (QED) is 0.312. The van der Waals surface area contributed by atoms with Crippen molar-refractivity contribution in [3.8, 4) is 0 Å². The number of hydrogen-bond donors (Lipinski definition) is 6. The second kappa shape index (κ2) is 9.34. The third-order valence-electron chi connectivity index (χ3n) is 5.27. The van der Waals surface area contributed by atoms with Crippen LogP contribution in [0.2, 0.25) is 0 Å². The lowest BCUT2D eigenvalue weighted by atomic mass is 9.91.